The summed E-state index contributed by atoms with van der Waals surface area (Å²) in [6.07, 6.45) is -0.679. The Morgan fingerprint density at radius 2 is 1.85 bits per heavy atom. The van der Waals surface area contributed by atoms with Crippen molar-refractivity contribution in [1.82, 2.24) is 9.97 Å². The lowest BCUT2D eigenvalue weighted by molar-refractivity contribution is -0.164. The van der Waals surface area contributed by atoms with Crippen LogP contribution in [0, 0.1) is 0 Å². The standard InChI is InChI=1S/C20H23N3O3.C6H12O7/c1-3-26-19-9-13-14-8-12(24)4-5-16(14)23-20(15(13)10-18(19)25-2)17-11-21-6-7-22-17;7-1-2(8)3(9)4(10)5(11)6(12)13/h6-7,9-12,14,16,24H,3-5,8H2,1-2H3;2-5,7-11H,1H2,(H,12,13)/t12-,14-,16-;2-,3-,4+,5-/m11/s1. The van der Waals surface area contributed by atoms with Crippen LogP contribution in [-0.2, 0) is 4.79 Å². The fourth-order valence-corrected chi connectivity index (χ4v) is 4.67. The van der Waals surface area contributed by atoms with Crippen LogP contribution in [0.5, 0.6) is 11.5 Å². The second-order valence-corrected chi connectivity index (χ2v) is 9.25. The number of nitrogens with zero attached hydrogens (tertiary/aromatic N) is 3. The van der Waals surface area contributed by atoms with Crippen LogP contribution in [0.1, 0.15) is 48.9 Å². The lowest BCUT2D eigenvalue weighted by Crippen LogP contribution is -2.48. The number of rotatable bonds is 9. The highest BCUT2D eigenvalue weighted by molar-refractivity contribution is 6.13. The number of carboxylic acid groups (broad SMARTS) is 1. The van der Waals surface area contributed by atoms with E-state index in [1.165, 1.54) is 0 Å². The largest absolute Gasteiger partial charge is 0.493 e. The fraction of sp³-hybridized carbons (Fsp3) is 0.538. The molecule has 13 nitrogen and oxygen atoms in total. The molecule has 7 N–H and O–H groups in total. The molecular formula is C26H35N3O10. The van der Waals surface area contributed by atoms with Crippen LogP contribution < -0.4 is 9.47 Å². The summed E-state index contributed by atoms with van der Waals surface area (Å²) in [6, 6.07) is 4.18. The van der Waals surface area contributed by atoms with Crippen LogP contribution in [0.25, 0.3) is 0 Å². The van der Waals surface area contributed by atoms with Crippen molar-refractivity contribution in [3.8, 4) is 11.5 Å². The van der Waals surface area contributed by atoms with Crippen molar-refractivity contribution in [3.63, 3.8) is 0 Å². The number of methoxy groups -OCH3 is 1. The Hall–Kier alpha value is -3.20. The molecule has 214 valence electrons. The number of hydrogen-bond acceptors (Lipinski definition) is 12. The molecule has 4 rings (SSSR count). The van der Waals surface area contributed by atoms with Crippen molar-refractivity contribution in [3.05, 3.63) is 47.5 Å². The normalized spacial score (nSPS) is 23.0. The first-order valence-electron chi connectivity index (χ1n) is 12.6. The third-order valence-electron chi connectivity index (χ3n) is 6.68. The van der Waals surface area contributed by atoms with Crippen LogP contribution >= 0.6 is 0 Å². The molecule has 13 heteroatoms. The molecule has 0 unspecified atom stereocenters. The van der Waals surface area contributed by atoms with Gasteiger partial charge >= 0.3 is 5.97 Å². The average molecular weight is 550 g/mol. The van der Waals surface area contributed by atoms with Crippen molar-refractivity contribution < 1.29 is 50.0 Å². The number of fused-ring (bicyclic) bond motifs is 3. The Balaban J connectivity index is 0.000000276. The van der Waals surface area contributed by atoms with Gasteiger partial charge in [-0.3, -0.25) is 15.0 Å². The molecule has 1 saturated carbocycles. The number of carbonyl (C=O) groups is 1. The van der Waals surface area contributed by atoms with Crippen LogP contribution in [0.4, 0.5) is 0 Å². The lowest BCUT2D eigenvalue weighted by atomic mass is 9.74. The first-order valence-corrected chi connectivity index (χ1v) is 12.6. The molecule has 0 spiro atoms. The monoisotopic (exact) mass is 549 g/mol. The Kier molecular flexibility index (Phi) is 10.7. The third-order valence-corrected chi connectivity index (χ3v) is 6.68. The third kappa shape index (κ3) is 7.06. The second kappa shape index (κ2) is 13.7. The molecule has 0 bridgehead atoms. The quantitative estimate of drug-likeness (QED) is 0.205. The van der Waals surface area contributed by atoms with E-state index in [4.69, 9.17) is 45.1 Å². The molecule has 2 aromatic rings. The van der Waals surface area contributed by atoms with Gasteiger partial charge in [-0.05, 0) is 43.9 Å². The molecule has 1 aliphatic carbocycles. The number of aromatic nitrogens is 2. The summed E-state index contributed by atoms with van der Waals surface area (Å²) in [6.45, 7) is 1.68. The molecule has 1 aromatic carbocycles. The van der Waals surface area contributed by atoms with Gasteiger partial charge in [-0.2, -0.15) is 0 Å². The van der Waals surface area contributed by atoms with Crippen LogP contribution in [0.3, 0.4) is 0 Å². The van der Waals surface area contributed by atoms with Gasteiger partial charge in [-0.15, -0.1) is 0 Å². The van der Waals surface area contributed by atoms with Gasteiger partial charge in [0.2, 0.25) is 0 Å². The smallest absolute Gasteiger partial charge is 0.335 e. The van der Waals surface area contributed by atoms with Gasteiger partial charge in [0, 0.05) is 23.9 Å². The molecule has 2 aliphatic rings. The molecule has 39 heavy (non-hydrogen) atoms. The number of aliphatic hydroxyl groups excluding tert-OH is 6. The summed E-state index contributed by atoms with van der Waals surface area (Å²) >= 11 is 0. The molecule has 1 aliphatic heterocycles. The average Bonchev–Trinajstić information content (AvgIpc) is 2.95. The first kappa shape index (κ1) is 30.3. The van der Waals surface area contributed by atoms with Crippen molar-refractivity contribution in [2.24, 2.45) is 4.99 Å². The SMILES string of the molecule is CCOc1cc2c(cc1OC)C(c1cnccn1)=N[C@@H]1CC[C@@H](O)C[C@H]21.O=C(O)[C@H](O)[C@@H](O)[C@H](O)[C@H](O)CO. The zero-order chi connectivity index (χ0) is 28.7. The topological polar surface area (TPSA) is 215 Å². The van der Waals surface area contributed by atoms with E-state index in [2.05, 4.69) is 16.0 Å². The minimum absolute atomic E-state index is 0.144. The van der Waals surface area contributed by atoms with E-state index in [1.807, 2.05) is 13.0 Å². The van der Waals surface area contributed by atoms with Gasteiger partial charge in [-0.25, -0.2) is 4.79 Å². The lowest BCUT2D eigenvalue weighted by Gasteiger charge is -2.37. The van der Waals surface area contributed by atoms with Crippen molar-refractivity contribution in [2.75, 3.05) is 20.3 Å². The molecule has 7 atom stereocenters. The first-order chi connectivity index (χ1) is 18.6. The van der Waals surface area contributed by atoms with Crippen molar-refractivity contribution >= 4 is 11.7 Å². The highest BCUT2D eigenvalue weighted by Crippen LogP contribution is 2.44. The van der Waals surface area contributed by atoms with Gasteiger partial charge < -0.3 is 45.2 Å². The summed E-state index contributed by atoms with van der Waals surface area (Å²) in [5.41, 5.74) is 3.73. The summed E-state index contributed by atoms with van der Waals surface area (Å²) in [7, 11) is 1.64. The Bertz CT molecular complexity index is 1130. The highest BCUT2D eigenvalue weighted by Gasteiger charge is 2.38. The Labute approximate surface area is 225 Å². The minimum atomic E-state index is -2.20. The Morgan fingerprint density at radius 1 is 1.10 bits per heavy atom. The number of aliphatic carboxylic acids is 1. The molecule has 1 fully saturated rings. The summed E-state index contributed by atoms with van der Waals surface area (Å²) in [5, 5.41) is 62.0. The highest BCUT2D eigenvalue weighted by atomic mass is 16.5. The van der Waals surface area contributed by atoms with Crippen LogP contribution in [0.2, 0.25) is 0 Å². The van der Waals surface area contributed by atoms with E-state index in [9.17, 15) is 9.90 Å². The molecule has 0 radical (unpaired) electrons. The number of aliphatic imine (C=N–C) groups is 1. The van der Waals surface area contributed by atoms with E-state index < -0.39 is 37.0 Å². The van der Waals surface area contributed by atoms with Crippen molar-refractivity contribution in [1.29, 1.82) is 0 Å². The summed E-state index contributed by atoms with van der Waals surface area (Å²) in [5.74, 6) is -0.138. The molecule has 2 heterocycles. The maximum absolute atomic E-state index is 10.2. The summed E-state index contributed by atoms with van der Waals surface area (Å²) < 4.78 is 11.3. The van der Waals surface area contributed by atoms with E-state index >= 15 is 0 Å². The maximum atomic E-state index is 10.2. The maximum Gasteiger partial charge on any atom is 0.335 e. The molecule has 1 aromatic heterocycles. The predicted octanol–water partition coefficient (Wildman–Crippen LogP) is -0.761. The number of benzene rings is 1. The van der Waals surface area contributed by atoms with E-state index in [-0.39, 0.29) is 18.1 Å². The zero-order valence-electron chi connectivity index (χ0n) is 21.7. The Morgan fingerprint density at radius 3 is 2.44 bits per heavy atom. The van der Waals surface area contributed by atoms with E-state index in [0.29, 0.717) is 18.8 Å². The van der Waals surface area contributed by atoms with Gasteiger partial charge in [-0.1, -0.05) is 0 Å². The number of aliphatic hydroxyl groups is 6. The number of ether oxygens (including phenoxy) is 2. The van der Waals surface area contributed by atoms with Crippen LogP contribution in [0.15, 0.2) is 35.7 Å². The van der Waals surface area contributed by atoms with E-state index in [1.54, 1.807) is 25.7 Å². The van der Waals surface area contributed by atoms with E-state index in [0.717, 1.165) is 41.1 Å². The second-order valence-electron chi connectivity index (χ2n) is 9.25. The minimum Gasteiger partial charge on any atom is -0.493 e. The number of hydrogen-bond donors (Lipinski definition) is 7. The summed E-state index contributed by atoms with van der Waals surface area (Å²) in [4.78, 5) is 23.8. The molecule has 0 saturated heterocycles. The van der Waals surface area contributed by atoms with Gasteiger partial charge in [0.15, 0.2) is 17.6 Å². The van der Waals surface area contributed by atoms with Gasteiger partial charge in [0.05, 0.1) is 44.4 Å². The number of carboxylic acids is 1. The fourth-order valence-electron chi connectivity index (χ4n) is 4.67. The van der Waals surface area contributed by atoms with Crippen molar-refractivity contribution in [2.45, 2.75) is 68.7 Å². The predicted molar refractivity (Wildman–Crippen MR) is 137 cm³/mol. The van der Waals surface area contributed by atoms with Gasteiger partial charge in [0.25, 0.3) is 0 Å². The molecular weight excluding hydrogens is 514 g/mol. The molecule has 0 amide bonds. The van der Waals surface area contributed by atoms with Crippen LogP contribution in [-0.4, -0.2) is 114 Å². The van der Waals surface area contributed by atoms with Gasteiger partial charge in [0.1, 0.15) is 24.0 Å². The zero-order valence-corrected chi connectivity index (χ0v) is 21.7.